The van der Waals surface area contributed by atoms with Crippen LogP contribution < -0.4 is 10.2 Å². The average molecular weight is 389 g/mol. The highest BCUT2D eigenvalue weighted by Gasteiger charge is 2.24. The van der Waals surface area contributed by atoms with Crippen molar-refractivity contribution in [2.45, 2.75) is 32.7 Å². The molecule has 7 nitrogen and oxygen atoms in total. The van der Waals surface area contributed by atoms with Gasteiger partial charge in [0.05, 0.1) is 23.3 Å². The van der Waals surface area contributed by atoms with Gasteiger partial charge in [-0.1, -0.05) is 30.3 Å². The van der Waals surface area contributed by atoms with Crippen LogP contribution in [0.25, 0.3) is 11.3 Å². The fraction of sp³-hybridized carbons (Fsp3) is 0.273. The van der Waals surface area contributed by atoms with Crippen LogP contribution in [0, 0.1) is 6.92 Å². The normalized spacial score (nSPS) is 13.1. The molecule has 0 saturated carbocycles. The lowest BCUT2D eigenvalue weighted by Gasteiger charge is -2.27. The van der Waals surface area contributed by atoms with Crippen LogP contribution in [0.1, 0.15) is 25.0 Å². The van der Waals surface area contributed by atoms with E-state index in [0.717, 1.165) is 35.7 Å². The monoisotopic (exact) mass is 389 g/mol. The van der Waals surface area contributed by atoms with Gasteiger partial charge in [-0.2, -0.15) is 5.10 Å². The van der Waals surface area contributed by atoms with Crippen molar-refractivity contribution >= 4 is 23.3 Å². The third-order valence-electron chi connectivity index (χ3n) is 4.89. The molecule has 0 fully saturated rings. The van der Waals surface area contributed by atoms with Crippen LogP contribution >= 0.6 is 0 Å². The Labute approximate surface area is 169 Å². The highest BCUT2D eigenvalue weighted by Crippen LogP contribution is 2.23. The summed E-state index contributed by atoms with van der Waals surface area (Å²) in [4.78, 5) is 31.0. The molecule has 0 unspecified atom stereocenters. The van der Waals surface area contributed by atoms with E-state index in [-0.39, 0.29) is 24.7 Å². The van der Waals surface area contributed by atoms with Crippen molar-refractivity contribution in [3.05, 3.63) is 60.4 Å². The molecule has 0 aliphatic carbocycles. The SMILES string of the molecule is Cc1cc2n(n1)CCCN2C(=O)CCC(=O)Nc1ccc(-c2ccccc2)nc1. The molecule has 0 saturated heterocycles. The van der Waals surface area contributed by atoms with Crippen LogP contribution in [0.3, 0.4) is 0 Å². The van der Waals surface area contributed by atoms with Gasteiger partial charge in [-0.3, -0.25) is 19.5 Å². The Morgan fingerprint density at radius 1 is 1.07 bits per heavy atom. The Hall–Kier alpha value is -3.48. The number of carbonyl (C=O) groups is 2. The first-order chi connectivity index (χ1) is 14.1. The molecule has 3 aromatic rings. The number of aromatic nitrogens is 3. The van der Waals surface area contributed by atoms with Gasteiger partial charge in [-0.05, 0) is 25.5 Å². The third kappa shape index (κ3) is 4.34. The summed E-state index contributed by atoms with van der Waals surface area (Å²) in [6, 6.07) is 15.4. The van der Waals surface area contributed by atoms with Gasteiger partial charge in [0.2, 0.25) is 11.8 Å². The molecule has 0 spiro atoms. The summed E-state index contributed by atoms with van der Waals surface area (Å²) in [5.74, 6) is 0.563. The van der Waals surface area contributed by atoms with Crippen molar-refractivity contribution in [1.29, 1.82) is 0 Å². The van der Waals surface area contributed by atoms with Gasteiger partial charge < -0.3 is 5.32 Å². The van der Waals surface area contributed by atoms with Gasteiger partial charge in [-0.15, -0.1) is 0 Å². The zero-order valence-electron chi connectivity index (χ0n) is 16.3. The van der Waals surface area contributed by atoms with E-state index in [1.54, 1.807) is 11.1 Å². The van der Waals surface area contributed by atoms with Crippen molar-refractivity contribution in [2.24, 2.45) is 0 Å². The first-order valence-corrected chi connectivity index (χ1v) is 9.76. The van der Waals surface area contributed by atoms with Crippen LogP contribution in [-0.4, -0.2) is 33.1 Å². The Morgan fingerprint density at radius 3 is 2.66 bits per heavy atom. The summed E-state index contributed by atoms with van der Waals surface area (Å²) < 4.78 is 1.86. The molecule has 1 aromatic carbocycles. The summed E-state index contributed by atoms with van der Waals surface area (Å²) in [6.45, 7) is 3.40. The van der Waals surface area contributed by atoms with Gasteiger partial charge in [-0.25, -0.2) is 4.68 Å². The topological polar surface area (TPSA) is 80.1 Å². The highest BCUT2D eigenvalue weighted by atomic mass is 16.2. The van der Waals surface area contributed by atoms with E-state index in [0.29, 0.717) is 12.2 Å². The Kier molecular flexibility index (Phi) is 5.37. The van der Waals surface area contributed by atoms with Crippen molar-refractivity contribution < 1.29 is 9.59 Å². The van der Waals surface area contributed by atoms with E-state index < -0.39 is 0 Å². The van der Waals surface area contributed by atoms with Crippen molar-refractivity contribution in [1.82, 2.24) is 14.8 Å². The standard InChI is InChI=1S/C22H23N5O2/c1-16-14-21-26(12-5-13-27(21)25-16)22(29)11-10-20(28)24-18-8-9-19(23-15-18)17-6-3-2-4-7-17/h2-4,6-9,14-15H,5,10-13H2,1H3,(H,24,28). The number of nitrogens with one attached hydrogen (secondary N) is 1. The Balaban J connectivity index is 1.32. The van der Waals surface area contributed by atoms with E-state index in [9.17, 15) is 9.59 Å². The predicted octanol–water partition coefficient (Wildman–Crippen LogP) is 3.41. The minimum atomic E-state index is -0.200. The Bertz CT molecular complexity index is 1010. The molecule has 29 heavy (non-hydrogen) atoms. The van der Waals surface area contributed by atoms with Crippen molar-refractivity contribution in [3.8, 4) is 11.3 Å². The molecular weight excluding hydrogens is 366 g/mol. The first-order valence-electron chi connectivity index (χ1n) is 9.76. The summed E-state index contributed by atoms with van der Waals surface area (Å²) >= 11 is 0. The number of carbonyl (C=O) groups excluding carboxylic acids is 2. The molecule has 0 atom stereocenters. The molecule has 1 N–H and O–H groups in total. The molecule has 1 aliphatic rings. The number of hydrogen-bond acceptors (Lipinski definition) is 4. The number of fused-ring (bicyclic) bond motifs is 1. The molecule has 148 valence electrons. The van der Waals surface area contributed by atoms with Crippen LogP contribution in [0.15, 0.2) is 54.7 Å². The number of pyridine rings is 1. The third-order valence-corrected chi connectivity index (χ3v) is 4.89. The highest BCUT2D eigenvalue weighted by molar-refractivity contribution is 5.97. The maximum Gasteiger partial charge on any atom is 0.228 e. The zero-order valence-corrected chi connectivity index (χ0v) is 16.3. The summed E-state index contributed by atoms with van der Waals surface area (Å²) in [7, 11) is 0. The van der Waals surface area contributed by atoms with Crippen molar-refractivity contribution in [3.63, 3.8) is 0 Å². The van der Waals surface area contributed by atoms with E-state index >= 15 is 0 Å². The van der Waals surface area contributed by atoms with E-state index in [1.165, 1.54) is 0 Å². The molecular formula is C22H23N5O2. The number of nitrogens with zero attached hydrogens (tertiary/aromatic N) is 4. The van der Waals surface area contributed by atoms with E-state index in [1.807, 2.05) is 60.1 Å². The van der Waals surface area contributed by atoms with Crippen LogP contribution in [-0.2, 0) is 16.1 Å². The quantitative estimate of drug-likeness (QED) is 0.725. The van der Waals surface area contributed by atoms with Gasteiger partial charge >= 0.3 is 0 Å². The van der Waals surface area contributed by atoms with Crippen LogP contribution in [0.5, 0.6) is 0 Å². The number of hydrogen-bond donors (Lipinski definition) is 1. The minimum Gasteiger partial charge on any atom is -0.325 e. The summed E-state index contributed by atoms with van der Waals surface area (Å²) in [5, 5.41) is 7.21. The number of benzene rings is 1. The molecule has 1 aliphatic heterocycles. The second kappa shape index (κ2) is 8.26. The number of anilines is 2. The fourth-order valence-electron chi connectivity index (χ4n) is 3.49. The largest absolute Gasteiger partial charge is 0.325 e. The van der Waals surface area contributed by atoms with Gasteiger partial charge in [0, 0.05) is 37.6 Å². The lowest BCUT2D eigenvalue weighted by atomic mass is 10.1. The number of rotatable bonds is 5. The molecule has 0 bridgehead atoms. The van der Waals surface area contributed by atoms with E-state index in [2.05, 4.69) is 15.4 Å². The summed E-state index contributed by atoms with van der Waals surface area (Å²) in [6.07, 6.45) is 2.79. The summed E-state index contributed by atoms with van der Waals surface area (Å²) in [5.41, 5.74) is 3.38. The molecule has 3 heterocycles. The van der Waals surface area contributed by atoms with Gasteiger partial charge in [0.15, 0.2) is 0 Å². The number of aryl methyl sites for hydroxylation is 2. The maximum absolute atomic E-state index is 12.6. The second-order valence-electron chi connectivity index (χ2n) is 7.11. The molecule has 4 rings (SSSR count). The smallest absolute Gasteiger partial charge is 0.228 e. The van der Waals surface area contributed by atoms with Gasteiger partial charge in [0.1, 0.15) is 5.82 Å². The zero-order chi connectivity index (χ0) is 20.2. The lowest BCUT2D eigenvalue weighted by Crippen LogP contribution is -2.37. The minimum absolute atomic E-state index is 0.0569. The fourth-order valence-corrected chi connectivity index (χ4v) is 3.49. The van der Waals surface area contributed by atoms with Gasteiger partial charge in [0.25, 0.3) is 0 Å². The predicted molar refractivity (Wildman–Crippen MR) is 111 cm³/mol. The first kappa shape index (κ1) is 18.9. The molecule has 2 amide bonds. The average Bonchev–Trinajstić information content (AvgIpc) is 3.13. The molecule has 0 radical (unpaired) electrons. The second-order valence-corrected chi connectivity index (χ2v) is 7.11. The Morgan fingerprint density at radius 2 is 1.90 bits per heavy atom. The molecule has 7 heteroatoms. The molecule has 2 aromatic heterocycles. The maximum atomic E-state index is 12.6. The van der Waals surface area contributed by atoms with E-state index in [4.69, 9.17) is 0 Å². The van der Waals surface area contributed by atoms with Crippen LogP contribution in [0.2, 0.25) is 0 Å². The lowest BCUT2D eigenvalue weighted by molar-refractivity contribution is -0.122. The van der Waals surface area contributed by atoms with Crippen LogP contribution in [0.4, 0.5) is 11.5 Å². The van der Waals surface area contributed by atoms with Crippen molar-refractivity contribution in [2.75, 3.05) is 16.8 Å². The number of amides is 2.